The zero-order valence-corrected chi connectivity index (χ0v) is 53.5. The highest BCUT2D eigenvalue weighted by Crippen LogP contribution is 2.41. The van der Waals surface area contributed by atoms with Gasteiger partial charge >= 0.3 is 5.97 Å². The zero-order valence-electron chi connectivity index (χ0n) is 53.5. The fourth-order valence-electron chi connectivity index (χ4n) is 12.4. The second-order valence-corrected chi connectivity index (χ2v) is 24.7. The normalized spacial score (nSPS) is 45.0. The first-order chi connectivity index (χ1) is 47.3. The van der Waals surface area contributed by atoms with E-state index in [9.17, 15) is 136 Å². The maximum Gasteiger partial charge on any atom is 0.364 e. The molecule has 0 aromatic heterocycles. The molecule has 7 aliphatic heterocycles. The van der Waals surface area contributed by atoms with Crippen molar-refractivity contribution in [3.63, 3.8) is 0 Å². The number of hydrogen-bond acceptors (Lipinski definition) is 40. The van der Waals surface area contributed by atoms with Gasteiger partial charge in [-0.05, 0) is 0 Å². The number of aliphatic hydroxyl groups excluding tert-OH is 21. The first kappa shape index (κ1) is 83.2. The molecule has 0 aromatic rings. The average Bonchev–Trinajstić information content (AvgIpc) is 0.761. The smallest absolute Gasteiger partial charge is 0.364 e. The van der Waals surface area contributed by atoms with E-state index in [0.717, 1.165) is 20.8 Å². The van der Waals surface area contributed by atoms with Crippen molar-refractivity contribution < 1.29 is 203 Å². The lowest BCUT2D eigenvalue weighted by atomic mass is 9.88. The molecule has 0 saturated carbocycles. The lowest BCUT2D eigenvalue weighted by Crippen LogP contribution is -2.71. The number of carbonyl (C=O) groups is 5. The van der Waals surface area contributed by atoms with Crippen LogP contribution in [0.25, 0.3) is 0 Å². The van der Waals surface area contributed by atoms with Crippen LogP contribution in [0, 0.1) is 0 Å². The van der Waals surface area contributed by atoms with E-state index < -0.39 is 316 Å². The minimum absolute atomic E-state index is 0.224. The summed E-state index contributed by atoms with van der Waals surface area (Å²) in [6.45, 7) is -6.13. The van der Waals surface area contributed by atoms with Gasteiger partial charge in [-0.2, -0.15) is 0 Å². The van der Waals surface area contributed by atoms with E-state index in [1.807, 2.05) is 0 Å². The molecular formula is C55H92N4O41. The summed E-state index contributed by atoms with van der Waals surface area (Å²) in [7, 11) is 0. The summed E-state index contributed by atoms with van der Waals surface area (Å²) in [6.07, 6.45) is -68.3. The van der Waals surface area contributed by atoms with Gasteiger partial charge in [0.25, 0.3) is 5.79 Å². The highest BCUT2D eigenvalue weighted by Gasteiger charge is 2.62. The van der Waals surface area contributed by atoms with Crippen LogP contribution >= 0.6 is 0 Å². The molecule has 7 rings (SSSR count). The van der Waals surface area contributed by atoms with Crippen LogP contribution in [0.2, 0.25) is 0 Å². The number of rotatable bonds is 31. The van der Waals surface area contributed by atoms with E-state index in [-0.39, 0.29) is 6.41 Å². The van der Waals surface area contributed by atoms with E-state index in [1.165, 1.54) is 0 Å². The maximum atomic E-state index is 13.2. The Morgan fingerprint density at radius 3 is 1.43 bits per heavy atom. The van der Waals surface area contributed by atoms with Crippen LogP contribution in [0.15, 0.2) is 0 Å². The lowest BCUT2D eigenvalue weighted by Gasteiger charge is -2.51. The van der Waals surface area contributed by atoms with Crippen LogP contribution in [0.1, 0.15) is 27.2 Å². The van der Waals surface area contributed by atoms with E-state index in [4.69, 9.17) is 66.3 Å². The minimum atomic E-state index is -3.30. The number of carboxylic acid groups (broad SMARTS) is 1. The third kappa shape index (κ3) is 18.8. The highest BCUT2D eigenvalue weighted by molar-refractivity contribution is 5.77. The number of aliphatic hydroxyl groups is 21. The number of amides is 4. The molecule has 45 heteroatoms. The monoisotopic (exact) mass is 1460 g/mol. The molecule has 7 heterocycles. The van der Waals surface area contributed by atoms with Gasteiger partial charge in [0.15, 0.2) is 37.7 Å². The molecule has 0 spiro atoms. The Morgan fingerprint density at radius 2 is 0.900 bits per heavy atom. The van der Waals surface area contributed by atoms with Gasteiger partial charge in [0.1, 0.15) is 165 Å². The Balaban J connectivity index is 1.21. The number of ether oxygens (including phenoxy) is 14. The van der Waals surface area contributed by atoms with Crippen molar-refractivity contribution in [1.82, 2.24) is 21.3 Å². The summed E-state index contributed by atoms with van der Waals surface area (Å²) in [5.41, 5.74) is 0. The van der Waals surface area contributed by atoms with Crippen LogP contribution in [-0.4, -0.2) is 428 Å². The molecule has 0 unspecified atom stereocenters. The number of nitrogens with one attached hydrogen (secondary N) is 4. The summed E-state index contributed by atoms with van der Waals surface area (Å²) in [4.78, 5) is 62.5. The van der Waals surface area contributed by atoms with E-state index >= 15 is 0 Å². The van der Waals surface area contributed by atoms with Crippen LogP contribution in [0.3, 0.4) is 0 Å². The number of hydrogen-bond donors (Lipinski definition) is 26. The van der Waals surface area contributed by atoms with Crippen molar-refractivity contribution in [3.8, 4) is 0 Å². The van der Waals surface area contributed by atoms with Crippen molar-refractivity contribution in [2.45, 2.75) is 254 Å². The number of aliphatic carboxylic acids is 1. The Kier molecular flexibility index (Phi) is 30.6. The highest BCUT2D eigenvalue weighted by atomic mass is 16.8. The van der Waals surface area contributed by atoms with Crippen molar-refractivity contribution in [1.29, 1.82) is 0 Å². The Labute approximate surface area is 565 Å². The SMILES string of the molecule is CC(=O)N[C@H]1[C@H](OC[C@H]2O[C@@H](O[C@H]3[C@H](O)[C@@H](O)[C@H](OC[C@@H](CO)NC=O)O[C@@H]3CO)[C@H](O)[C@@H](O[C@@H]3O[C@H](CO)[C@@H](O)[C@H](O[C@@H]4O[C@H](CO)[C@H](O)[C@H](O[C@]5(C(=O)O)C[C@H](O)[C@@H](NC(C)=O)[C@H]([C@H](O)[C@H](O)CO)O5)[C@H]4O)[C@H]3NC(C)=O)[C@H]2O)O[C@H](CO)[C@@H](O[C@@H]2O[C@H](CO)[C@H](O)[C@H](O)[C@H]2O)[C@@H]1O. The van der Waals surface area contributed by atoms with E-state index in [2.05, 4.69) is 21.3 Å². The first-order valence-corrected chi connectivity index (χ1v) is 31.5. The van der Waals surface area contributed by atoms with Crippen molar-refractivity contribution in [2.75, 3.05) is 59.5 Å². The second kappa shape index (κ2) is 36.8. The quantitative estimate of drug-likeness (QED) is 0.0287. The van der Waals surface area contributed by atoms with Crippen LogP contribution in [0.4, 0.5) is 0 Å². The van der Waals surface area contributed by atoms with Gasteiger partial charge < -0.3 is 200 Å². The van der Waals surface area contributed by atoms with Gasteiger partial charge in [0.05, 0.1) is 77.6 Å². The summed E-state index contributed by atoms with van der Waals surface area (Å²) >= 11 is 0. The second-order valence-electron chi connectivity index (χ2n) is 24.7. The largest absolute Gasteiger partial charge is 0.477 e. The van der Waals surface area contributed by atoms with Crippen LogP contribution in [0.5, 0.6) is 0 Å². The van der Waals surface area contributed by atoms with Crippen LogP contribution < -0.4 is 21.3 Å². The van der Waals surface area contributed by atoms with Crippen molar-refractivity contribution in [2.24, 2.45) is 0 Å². The van der Waals surface area contributed by atoms with Gasteiger partial charge in [-0.25, -0.2) is 4.79 Å². The van der Waals surface area contributed by atoms with Gasteiger partial charge in [-0.15, -0.1) is 0 Å². The topological polar surface area (TPSA) is 708 Å². The Morgan fingerprint density at radius 1 is 0.460 bits per heavy atom. The fraction of sp³-hybridized carbons (Fsp3) is 0.909. The Bertz CT molecular complexity index is 2600. The summed E-state index contributed by atoms with van der Waals surface area (Å²) in [6, 6.07) is -6.66. The molecule has 7 fully saturated rings. The standard InChI is InChI=1S/C55H92N4O41/c1-15(68)57-27-19(71)4-55(54(85)86,99-45(27)30(73)20(72)6-61)100-47-33(76)23(9-64)91-53(41(47)84)97-44-29(59-17(3)70)49(89-22(8-63)32(44)75)98-46-34(77)26(94-52(40(46)83)96-43-25(11-66)93-50(39(82)37(43)80)87-12-18(5-60)56-14-67)13-88-48-28(58-16(2)69)35(78)42(24(10-65)92-48)95-51-38(81)36(79)31(74)21(7-62)90-51/h14,18-53,60-66,71-84H,4-13H2,1-3H3,(H,56,67)(H,57,68)(H,58,69)(H,59,70)(H,85,86)/t18-,19+,20-,21-,22-,23-,24-,25-,26-,27-,28-,29-,30-,31+,32-,33+,34+,35-,36+,37-,38-,39-,40-,41-,42-,43-,44-,45-,46+,47+,48-,49+,50-,51+,52+,53+,55+/m1/s1. The Hall–Kier alpha value is -4.05. The first-order valence-electron chi connectivity index (χ1n) is 31.5. The van der Waals surface area contributed by atoms with E-state index in [1.54, 1.807) is 0 Å². The summed E-state index contributed by atoms with van der Waals surface area (Å²) in [5.74, 6) is -8.22. The fourth-order valence-corrected chi connectivity index (χ4v) is 12.4. The molecule has 45 nitrogen and oxygen atoms in total. The third-order valence-corrected chi connectivity index (χ3v) is 17.7. The van der Waals surface area contributed by atoms with Crippen molar-refractivity contribution in [3.05, 3.63) is 0 Å². The zero-order chi connectivity index (χ0) is 74.1. The predicted octanol–water partition coefficient (Wildman–Crippen LogP) is -17.5. The molecule has 578 valence electrons. The average molecular weight is 1470 g/mol. The molecule has 0 radical (unpaired) electrons. The van der Waals surface area contributed by atoms with Gasteiger partial charge in [0.2, 0.25) is 24.1 Å². The molecule has 100 heavy (non-hydrogen) atoms. The minimum Gasteiger partial charge on any atom is -0.477 e. The maximum absolute atomic E-state index is 13.2. The van der Waals surface area contributed by atoms with Crippen LogP contribution in [-0.2, 0) is 90.3 Å². The van der Waals surface area contributed by atoms with Gasteiger partial charge in [0, 0.05) is 27.2 Å². The molecule has 26 N–H and O–H groups in total. The molecule has 0 aliphatic carbocycles. The van der Waals surface area contributed by atoms with E-state index in [0.29, 0.717) is 0 Å². The lowest BCUT2D eigenvalue weighted by molar-refractivity contribution is -0.391. The summed E-state index contributed by atoms with van der Waals surface area (Å²) in [5, 5.41) is 250. The molecule has 7 saturated heterocycles. The summed E-state index contributed by atoms with van der Waals surface area (Å²) < 4.78 is 81.6. The van der Waals surface area contributed by atoms with Gasteiger partial charge in [-0.3, -0.25) is 19.2 Å². The number of carbonyl (C=O) groups excluding carboxylic acids is 4. The molecule has 4 amide bonds. The molecular weight excluding hydrogens is 1370 g/mol. The number of carboxylic acids is 1. The molecule has 7 aliphatic rings. The van der Waals surface area contributed by atoms with Crippen molar-refractivity contribution >= 4 is 30.1 Å². The molecule has 0 bridgehead atoms. The molecule has 0 aromatic carbocycles. The third-order valence-electron chi connectivity index (χ3n) is 17.7. The van der Waals surface area contributed by atoms with Gasteiger partial charge in [-0.1, -0.05) is 0 Å². The molecule has 37 atom stereocenters. The predicted molar refractivity (Wildman–Crippen MR) is 308 cm³/mol.